The van der Waals surface area contributed by atoms with Crippen LogP contribution >= 0.6 is 12.2 Å². The zero-order chi connectivity index (χ0) is 15.5. The van der Waals surface area contributed by atoms with Crippen LogP contribution in [0.25, 0.3) is 0 Å². The number of carbonyl (C=O) groups excluding carboxylic acids is 1. The van der Waals surface area contributed by atoms with Crippen molar-refractivity contribution in [1.82, 2.24) is 4.90 Å². The molecule has 114 valence electrons. The van der Waals surface area contributed by atoms with Gasteiger partial charge in [0, 0.05) is 18.8 Å². The van der Waals surface area contributed by atoms with Crippen LogP contribution in [-0.4, -0.2) is 42.1 Å². The third-order valence-corrected chi connectivity index (χ3v) is 3.38. The van der Waals surface area contributed by atoms with Crippen LogP contribution in [0.1, 0.15) is 5.56 Å². The highest BCUT2D eigenvalue weighted by molar-refractivity contribution is 7.82. The second-order valence-electron chi connectivity index (χ2n) is 4.44. The Balaban J connectivity index is 2.04. The monoisotopic (exact) mass is 318 g/mol. The van der Waals surface area contributed by atoms with E-state index in [1.165, 1.54) is 12.1 Å². The zero-order valence-corrected chi connectivity index (χ0v) is 11.8. The Morgan fingerprint density at radius 1 is 1.29 bits per heavy atom. The molecule has 0 saturated carbocycles. The molecule has 0 unspecified atom stereocenters. The first-order valence-electron chi connectivity index (χ1n) is 6.23. The highest BCUT2D eigenvalue weighted by atomic mass is 32.1. The van der Waals surface area contributed by atoms with Gasteiger partial charge in [-0.2, -0.15) is 13.2 Å². The maximum Gasteiger partial charge on any atom is 0.416 e. The summed E-state index contributed by atoms with van der Waals surface area (Å²) in [5.41, 5.74) is -0.761. The number of thiocarbonyl (C=S) groups is 1. The summed E-state index contributed by atoms with van der Waals surface area (Å²) >= 11 is 5.04. The molecule has 0 aliphatic carbocycles. The Morgan fingerprint density at radius 2 is 1.95 bits per heavy atom. The maximum atomic E-state index is 12.6. The molecule has 0 atom stereocenters. The topological polar surface area (TPSA) is 41.6 Å². The van der Waals surface area contributed by atoms with E-state index in [2.05, 4.69) is 5.32 Å². The number of benzene rings is 1. The lowest BCUT2D eigenvalue weighted by Crippen LogP contribution is -2.44. The average molecular weight is 318 g/mol. The third-order valence-electron chi connectivity index (χ3n) is 2.94. The fourth-order valence-electron chi connectivity index (χ4n) is 1.87. The van der Waals surface area contributed by atoms with Crippen molar-refractivity contribution in [2.45, 2.75) is 6.18 Å². The number of nitrogens with zero attached hydrogens (tertiary/aromatic N) is 1. The fourth-order valence-corrected chi connectivity index (χ4v) is 2.10. The molecule has 0 spiro atoms. The molecule has 0 bridgehead atoms. The first-order chi connectivity index (χ1) is 9.88. The Kier molecular flexibility index (Phi) is 4.79. The van der Waals surface area contributed by atoms with Crippen molar-refractivity contribution in [3.05, 3.63) is 29.8 Å². The standard InChI is InChI=1S/C13H13F3N2O2S/c14-13(15,16)9-2-1-3-10(8-9)17-11(19)12(21)18-4-6-20-7-5-18/h1-3,8H,4-7H2,(H,17,19). The molecule has 1 aliphatic rings. The maximum absolute atomic E-state index is 12.6. The molecule has 1 heterocycles. The molecular formula is C13H13F3N2O2S. The molecule has 1 N–H and O–H groups in total. The molecule has 1 saturated heterocycles. The molecule has 21 heavy (non-hydrogen) atoms. The van der Waals surface area contributed by atoms with Crippen molar-refractivity contribution >= 4 is 28.8 Å². The van der Waals surface area contributed by atoms with Gasteiger partial charge in [0.25, 0.3) is 5.91 Å². The zero-order valence-electron chi connectivity index (χ0n) is 10.9. The molecule has 1 fully saturated rings. The largest absolute Gasteiger partial charge is 0.416 e. The van der Waals surface area contributed by atoms with E-state index in [4.69, 9.17) is 17.0 Å². The molecule has 8 heteroatoms. The van der Waals surface area contributed by atoms with Crippen LogP contribution in [0.4, 0.5) is 18.9 Å². The predicted octanol–water partition coefficient (Wildman–Crippen LogP) is 2.30. The highest BCUT2D eigenvalue weighted by Gasteiger charge is 2.30. The first kappa shape index (κ1) is 15.7. The number of halogens is 3. The van der Waals surface area contributed by atoms with Crippen molar-refractivity contribution < 1.29 is 22.7 Å². The Labute approximate surface area is 124 Å². The van der Waals surface area contributed by atoms with E-state index in [1.807, 2.05) is 0 Å². The average Bonchev–Trinajstić information content (AvgIpc) is 2.47. The van der Waals surface area contributed by atoms with Gasteiger partial charge in [-0.3, -0.25) is 4.79 Å². The lowest BCUT2D eigenvalue weighted by Gasteiger charge is -2.28. The predicted molar refractivity (Wildman–Crippen MR) is 75.1 cm³/mol. The van der Waals surface area contributed by atoms with E-state index in [0.717, 1.165) is 12.1 Å². The molecule has 0 radical (unpaired) electrons. The van der Waals surface area contributed by atoms with Crippen molar-refractivity contribution in [2.75, 3.05) is 31.6 Å². The van der Waals surface area contributed by atoms with Gasteiger partial charge in [0.2, 0.25) is 0 Å². The first-order valence-corrected chi connectivity index (χ1v) is 6.64. The molecule has 4 nitrogen and oxygen atoms in total. The number of ether oxygens (including phenoxy) is 1. The SMILES string of the molecule is O=C(Nc1cccc(C(F)(F)F)c1)C(=S)N1CCOCC1. The fraction of sp³-hybridized carbons (Fsp3) is 0.385. The number of amides is 1. The van der Waals surface area contributed by atoms with Crippen molar-refractivity contribution in [3.63, 3.8) is 0 Å². The van der Waals surface area contributed by atoms with E-state index in [1.54, 1.807) is 4.90 Å². The Hall–Kier alpha value is -1.67. The molecule has 2 rings (SSSR count). The third kappa shape index (κ3) is 4.15. The molecule has 1 aliphatic heterocycles. The number of rotatable bonds is 1. The van der Waals surface area contributed by atoms with E-state index in [0.29, 0.717) is 26.3 Å². The second kappa shape index (κ2) is 6.40. The number of morpholine rings is 1. The summed E-state index contributed by atoms with van der Waals surface area (Å²) in [6, 6.07) is 4.43. The van der Waals surface area contributed by atoms with Gasteiger partial charge in [0.05, 0.1) is 18.8 Å². The van der Waals surface area contributed by atoms with Crippen LogP contribution in [0.3, 0.4) is 0 Å². The quantitative estimate of drug-likeness (QED) is 0.807. The minimum Gasteiger partial charge on any atom is -0.378 e. The van der Waals surface area contributed by atoms with Gasteiger partial charge in [-0.15, -0.1) is 0 Å². The summed E-state index contributed by atoms with van der Waals surface area (Å²) in [6.07, 6.45) is -4.45. The Bertz CT molecular complexity index is 542. The van der Waals surface area contributed by atoms with Gasteiger partial charge in [0.15, 0.2) is 4.99 Å². The number of anilines is 1. The van der Waals surface area contributed by atoms with E-state index in [9.17, 15) is 18.0 Å². The molecule has 0 aromatic heterocycles. The van der Waals surface area contributed by atoms with Crippen LogP contribution in [0.5, 0.6) is 0 Å². The van der Waals surface area contributed by atoms with E-state index in [-0.39, 0.29) is 10.7 Å². The molecule has 1 aromatic rings. The van der Waals surface area contributed by atoms with Crippen LogP contribution in [0.2, 0.25) is 0 Å². The summed E-state index contributed by atoms with van der Waals surface area (Å²) in [4.78, 5) is 13.7. The van der Waals surface area contributed by atoms with E-state index < -0.39 is 17.6 Å². The number of nitrogens with one attached hydrogen (secondary N) is 1. The lowest BCUT2D eigenvalue weighted by molar-refractivity contribution is -0.137. The number of alkyl halides is 3. The molecule has 1 amide bonds. The number of hydrogen-bond acceptors (Lipinski definition) is 3. The van der Waals surface area contributed by atoms with Gasteiger partial charge >= 0.3 is 6.18 Å². The van der Waals surface area contributed by atoms with Gasteiger partial charge in [-0.05, 0) is 18.2 Å². The number of hydrogen-bond donors (Lipinski definition) is 1. The molecule has 1 aromatic carbocycles. The second-order valence-corrected chi connectivity index (χ2v) is 4.82. The van der Waals surface area contributed by atoms with Crippen molar-refractivity contribution in [3.8, 4) is 0 Å². The number of carbonyl (C=O) groups is 1. The summed E-state index contributed by atoms with van der Waals surface area (Å²) in [6.45, 7) is 1.93. The Morgan fingerprint density at radius 3 is 2.57 bits per heavy atom. The molecular weight excluding hydrogens is 305 g/mol. The minimum absolute atomic E-state index is 0.0516. The van der Waals surface area contributed by atoms with E-state index >= 15 is 0 Å². The van der Waals surface area contributed by atoms with Gasteiger partial charge in [0.1, 0.15) is 0 Å². The van der Waals surface area contributed by atoms with Crippen molar-refractivity contribution in [2.24, 2.45) is 0 Å². The highest BCUT2D eigenvalue weighted by Crippen LogP contribution is 2.30. The van der Waals surface area contributed by atoms with Gasteiger partial charge < -0.3 is 15.0 Å². The van der Waals surface area contributed by atoms with Gasteiger partial charge in [-0.1, -0.05) is 18.3 Å². The van der Waals surface area contributed by atoms with Crippen molar-refractivity contribution in [1.29, 1.82) is 0 Å². The summed E-state index contributed by atoms with van der Waals surface area (Å²) in [7, 11) is 0. The minimum atomic E-state index is -4.45. The smallest absolute Gasteiger partial charge is 0.378 e. The van der Waals surface area contributed by atoms with Crippen LogP contribution in [0.15, 0.2) is 24.3 Å². The van der Waals surface area contributed by atoms with Crippen LogP contribution < -0.4 is 5.32 Å². The lowest BCUT2D eigenvalue weighted by atomic mass is 10.2. The summed E-state index contributed by atoms with van der Waals surface area (Å²) in [5, 5.41) is 2.39. The van der Waals surface area contributed by atoms with Crippen LogP contribution in [-0.2, 0) is 15.7 Å². The summed E-state index contributed by atoms with van der Waals surface area (Å²) < 4.78 is 42.9. The normalized spacial score (nSPS) is 15.7. The summed E-state index contributed by atoms with van der Waals surface area (Å²) in [5.74, 6) is -0.591. The van der Waals surface area contributed by atoms with Crippen LogP contribution in [0, 0.1) is 0 Å². The van der Waals surface area contributed by atoms with Gasteiger partial charge in [-0.25, -0.2) is 0 Å².